The molecule has 1 aromatic carbocycles. The second-order valence-corrected chi connectivity index (χ2v) is 4.52. The van der Waals surface area contributed by atoms with Crippen LogP contribution < -0.4 is 5.73 Å². The topological polar surface area (TPSA) is 92.0 Å². The van der Waals surface area contributed by atoms with Crippen molar-refractivity contribution < 1.29 is 23.1 Å². The monoisotopic (exact) mass is 307 g/mol. The first-order chi connectivity index (χ1) is 10.4. The molecule has 0 amide bonds. The third kappa shape index (κ3) is 1.88. The van der Waals surface area contributed by atoms with Crippen LogP contribution in [-0.4, -0.2) is 21.0 Å². The van der Waals surface area contributed by atoms with Gasteiger partial charge in [0, 0.05) is 17.1 Å². The number of nitrogens with one attached hydrogen (secondary N) is 1. The van der Waals surface area contributed by atoms with E-state index >= 15 is 0 Å². The predicted octanol–water partition coefficient (Wildman–Crippen LogP) is 2.93. The first-order valence-electron chi connectivity index (χ1n) is 6.05. The van der Waals surface area contributed by atoms with Crippen molar-refractivity contribution in [2.75, 3.05) is 5.73 Å². The average Bonchev–Trinajstić information content (AvgIpc) is 2.95. The number of nitrogens with zero attached hydrogens (tertiary/aromatic N) is 1. The highest BCUT2D eigenvalue weighted by molar-refractivity contribution is 5.90. The molecule has 4 N–H and O–H groups in total. The number of halogens is 3. The molecule has 0 aliphatic heterocycles. The second-order valence-electron chi connectivity index (χ2n) is 4.52. The second kappa shape index (κ2) is 4.76. The molecule has 22 heavy (non-hydrogen) atoms. The number of H-pyrrole nitrogens is 1. The number of aromatic carboxylic acids is 1. The molecule has 0 unspecified atom stereocenters. The van der Waals surface area contributed by atoms with E-state index in [0.29, 0.717) is 5.39 Å². The van der Waals surface area contributed by atoms with Crippen molar-refractivity contribution in [3.63, 3.8) is 0 Å². The van der Waals surface area contributed by atoms with Crippen molar-refractivity contribution in [3.8, 4) is 11.3 Å². The van der Waals surface area contributed by atoms with E-state index in [0.717, 1.165) is 0 Å². The zero-order valence-electron chi connectivity index (χ0n) is 10.8. The lowest BCUT2D eigenvalue weighted by atomic mass is 10.1. The predicted molar refractivity (Wildman–Crippen MR) is 72.8 cm³/mol. The Labute approximate surface area is 121 Å². The van der Waals surface area contributed by atoms with Crippen molar-refractivity contribution in [2.24, 2.45) is 0 Å². The molecule has 0 aliphatic rings. The number of pyridine rings is 1. The lowest BCUT2D eigenvalue weighted by molar-refractivity contribution is 0.0684. The molecule has 5 nitrogen and oxygen atoms in total. The summed E-state index contributed by atoms with van der Waals surface area (Å²) in [7, 11) is 0. The molecule has 0 saturated heterocycles. The Hall–Kier alpha value is -3.03. The fourth-order valence-corrected chi connectivity index (χ4v) is 2.17. The van der Waals surface area contributed by atoms with Gasteiger partial charge in [0.2, 0.25) is 0 Å². The number of nitrogen functional groups attached to an aromatic ring is 1. The average molecular weight is 307 g/mol. The fourth-order valence-electron chi connectivity index (χ4n) is 2.17. The maximum atomic E-state index is 14.4. The number of rotatable bonds is 2. The Balaban J connectivity index is 2.35. The molecule has 112 valence electrons. The number of carbonyl (C=O) groups is 1. The highest BCUT2D eigenvalue weighted by Crippen LogP contribution is 2.33. The summed E-state index contributed by atoms with van der Waals surface area (Å²) in [4.78, 5) is 17.0. The Kier molecular flexibility index (Phi) is 3.01. The minimum Gasteiger partial charge on any atom is -0.476 e. The maximum absolute atomic E-state index is 14.4. The molecule has 0 saturated carbocycles. The van der Waals surface area contributed by atoms with Gasteiger partial charge in [0.05, 0.1) is 11.2 Å². The third-order valence-electron chi connectivity index (χ3n) is 3.24. The zero-order valence-corrected chi connectivity index (χ0v) is 10.8. The van der Waals surface area contributed by atoms with Crippen LogP contribution in [-0.2, 0) is 0 Å². The number of aromatic nitrogens is 2. The summed E-state index contributed by atoms with van der Waals surface area (Å²) in [5.74, 6) is -5.83. The van der Waals surface area contributed by atoms with Crippen LogP contribution in [0.3, 0.4) is 0 Å². The van der Waals surface area contributed by atoms with Crippen LogP contribution in [0, 0.1) is 17.5 Å². The SMILES string of the molecule is Nc1c(-c2ccc3cc[nH]c3c2F)nc(C(=O)O)c(F)c1F. The Morgan fingerprint density at radius 1 is 1.14 bits per heavy atom. The van der Waals surface area contributed by atoms with E-state index < -0.39 is 40.5 Å². The Morgan fingerprint density at radius 3 is 2.55 bits per heavy atom. The Bertz CT molecular complexity index is 921. The largest absolute Gasteiger partial charge is 0.476 e. The minimum atomic E-state index is -1.78. The fraction of sp³-hybridized carbons (Fsp3) is 0. The van der Waals surface area contributed by atoms with Gasteiger partial charge in [-0.3, -0.25) is 0 Å². The normalized spacial score (nSPS) is 11.0. The number of anilines is 1. The molecule has 2 aromatic heterocycles. The zero-order chi connectivity index (χ0) is 16.0. The summed E-state index contributed by atoms with van der Waals surface area (Å²) >= 11 is 0. The van der Waals surface area contributed by atoms with E-state index in [9.17, 15) is 18.0 Å². The van der Waals surface area contributed by atoms with E-state index in [4.69, 9.17) is 10.8 Å². The van der Waals surface area contributed by atoms with Crippen LogP contribution in [0.4, 0.5) is 18.9 Å². The van der Waals surface area contributed by atoms with E-state index in [1.54, 1.807) is 6.07 Å². The first kappa shape index (κ1) is 13.9. The summed E-state index contributed by atoms with van der Waals surface area (Å²) in [6, 6.07) is 4.41. The van der Waals surface area contributed by atoms with Crippen molar-refractivity contribution in [1.82, 2.24) is 9.97 Å². The number of fused-ring (bicyclic) bond motifs is 1. The minimum absolute atomic E-state index is 0.125. The number of carboxylic acids is 1. The van der Waals surface area contributed by atoms with Gasteiger partial charge in [0.15, 0.2) is 23.1 Å². The van der Waals surface area contributed by atoms with Crippen LogP contribution in [0.1, 0.15) is 10.5 Å². The molecule has 8 heteroatoms. The van der Waals surface area contributed by atoms with Crippen LogP contribution in [0.5, 0.6) is 0 Å². The summed E-state index contributed by atoms with van der Waals surface area (Å²) in [5, 5.41) is 9.41. The highest BCUT2D eigenvalue weighted by Gasteiger charge is 2.25. The van der Waals surface area contributed by atoms with Gasteiger partial charge in [-0.05, 0) is 12.1 Å². The lowest BCUT2D eigenvalue weighted by Gasteiger charge is -2.10. The van der Waals surface area contributed by atoms with Crippen molar-refractivity contribution in [1.29, 1.82) is 0 Å². The van der Waals surface area contributed by atoms with Crippen LogP contribution in [0.15, 0.2) is 24.4 Å². The van der Waals surface area contributed by atoms with Gasteiger partial charge >= 0.3 is 5.97 Å². The van der Waals surface area contributed by atoms with Crippen LogP contribution >= 0.6 is 0 Å². The molecular formula is C14H8F3N3O2. The van der Waals surface area contributed by atoms with Gasteiger partial charge in [-0.2, -0.15) is 0 Å². The number of hydrogen-bond acceptors (Lipinski definition) is 3. The van der Waals surface area contributed by atoms with Crippen molar-refractivity contribution in [2.45, 2.75) is 0 Å². The molecular weight excluding hydrogens is 299 g/mol. The summed E-state index contributed by atoms with van der Waals surface area (Å²) in [6.07, 6.45) is 1.50. The molecule has 3 rings (SSSR count). The number of nitrogens with two attached hydrogens (primary N) is 1. The summed E-state index contributed by atoms with van der Waals surface area (Å²) < 4.78 is 41.7. The quantitative estimate of drug-likeness (QED) is 0.678. The molecule has 0 spiro atoms. The number of hydrogen-bond donors (Lipinski definition) is 3. The van der Waals surface area contributed by atoms with Gasteiger partial charge in [0.1, 0.15) is 5.69 Å². The van der Waals surface area contributed by atoms with Crippen LogP contribution in [0.2, 0.25) is 0 Å². The highest BCUT2D eigenvalue weighted by atomic mass is 19.2. The van der Waals surface area contributed by atoms with Crippen molar-refractivity contribution in [3.05, 3.63) is 47.5 Å². The maximum Gasteiger partial charge on any atom is 0.357 e. The Morgan fingerprint density at radius 2 is 1.86 bits per heavy atom. The third-order valence-corrected chi connectivity index (χ3v) is 3.24. The molecule has 0 fully saturated rings. The summed E-state index contributed by atoms with van der Waals surface area (Å²) in [5.41, 5.74) is 2.94. The standard InChI is InChI=1S/C14H8F3N3O2/c15-7-6(2-1-5-3-4-19-11(5)7)12-10(18)8(16)9(17)13(20-12)14(21)22/h1-4,19H,18H2,(H,21,22). The molecule has 0 radical (unpaired) electrons. The smallest absolute Gasteiger partial charge is 0.357 e. The van der Waals surface area contributed by atoms with E-state index in [-0.39, 0.29) is 11.1 Å². The number of aromatic amines is 1. The van der Waals surface area contributed by atoms with Gasteiger partial charge in [-0.1, -0.05) is 6.07 Å². The van der Waals surface area contributed by atoms with Gasteiger partial charge in [-0.25, -0.2) is 22.9 Å². The van der Waals surface area contributed by atoms with E-state index in [1.165, 1.54) is 18.3 Å². The molecule has 0 aliphatic carbocycles. The van der Waals surface area contributed by atoms with Gasteiger partial charge in [-0.15, -0.1) is 0 Å². The molecule has 3 aromatic rings. The van der Waals surface area contributed by atoms with E-state index in [2.05, 4.69) is 9.97 Å². The van der Waals surface area contributed by atoms with Crippen LogP contribution in [0.25, 0.3) is 22.2 Å². The van der Waals surface area contributed by atoms with Crippen molar-refractivity contribution >= 4 is 22.6 Å². The number of benzene rings is 1. The summed E-state index contributed by atoms with van der Waals surface area (Å²) in [6.45, 7) is 0. The number of carboxylic acid groups (broad SMARTS) is 1. The molecule has 2 heterocycles. The van der Waals surface area contributed by atoms with Gasteiger partial charge < -0.3 is 15.8 Å². The van der Waals surface area contributed by atoms with Gasteiger partial charge in [0.25, 0.3) is 0 Å². The molecule has 0 bridgehead atoms. The van der Waals surface area contributed by atoms with E-state index in [1.807, 2.05) is 0 Å². The molecule has 0 atom stereocenters. The lowest BCUT2D eigenvalue weighted by Crippen LogP contribution is -2.11. The first-order valence-corrected chi connectivity index (χ1v) is 6.05.